The lowest BCUT2D eigenvalue weighted by atomic mass is 9.84. The first kappa shape index (κ1) is 17.8. The molecule has 1 N–H and O–H groups in total. The molecule has 25 heavy (non-hydrogen) atoms. The van der Waals surface area contributed by atoms with Crippen LogP contribution in [0, 0.1) is 11.8 Å². The van der Waals surface area contributed by atoms with Gasteiger partial charge in [-0.05, 0) is 37.3 Å². The van der Waals surface area contributed by atoms with Gasteiger partial charge in [-0.25, -0.2) is 8.78 Å². The van der Waals surface area contributed by atoms with Gasteiger partial charge in [0.2, 0.25) is 0 Å². The normalized spacial score (nSPS) is 24.7. The molecule has 2 heterocycles. The summed E-state index contributed by atoms with van der Waals surface area (Å²) < 4.78 is 31.2. The molecule has 136 valence electrons. The van der Waals surface area contributed by atoms with Gasteiger partial charge in [-0.15, -0.1) is 0 Å². The summed E-state index contributed by atoms with van der Waals surface area (Å²) in [6.07, 6.45) is -1.05. The molecule has 1 amide bonds. The van der Waals surface area contributed by atoms with Crippen LogP contribution >= 0.6 is 0 Å². The first-order valence-corrected chi connectivity index (χ1v) is 8.49. The molecule has 0 aliphatic carbocycles. The summed E-state index contributed by atoms with van der Waals surface area (Å²) in [5, 5.41) is 9.27. The second-order valence-electron chi connectivity index (χ2n) is 6.62. The summed E-state index contributed by atoms with van der Waals surface area (Å²) in [4.78, 5) is 25.5. The highest BCUT2D eigenvalue weighted by atomic mass is 19.3. The Kier molecular flexibility index (Phi) is 5.32. The van der Waals surface area contributed by atoms with Gasteiger partial charge in [-0.1, -0.05) is 12.1 Å². The number of aliphatic carboxylic acids is 1. The smallest absolute Gasteiger partial charge is 0.309 e. The number of halogens is 2. The number of carbonyl (C=O) groups excluding carboxylic acids is 1. The zero-order chi connectivity index (χ0) is 18.0. The van der Waals surface area contributed by atoms with Crippen molar-refractivity contribution in [3.8, 4) is 0 Å². The molecule has 2 aliphatic rings. The van der Waals surface area contributed by atoms with Crippen LogP contribution < -0.4 is 0 Å². The van der Waals surface area contributed by atoms with Gasteiger partial charge < -0.3 is 14.7 Å². The summed E-state index contributed by atoms with van der Waals surface area (Å²) in [6, 6.07) is 5.54. The molecule has 0 aromatic heterocycles. The van der Waals surface area contributed by atoms with Crippen molar-refractivity contribution in [2.75, 3.05) is 19.7 Å². The maximum atomic E-state index is 12.8. The van der Waals surface area contributed by atoms with Crippen LogP contribution in [-0.2, 0) is 9.53 Å². The van der Waals surface area contributed by atoms with Crippen LogP contribution in [0.25, 0.3) is 0 Å². The number of piperidine rings is 1. The van der Waals surface area contributed by atoms with Gasteiger partial charge in [-0.2, -0.15) is 0 Å². The monoisotopic (exact) mass is 353 g/mol. The predicted molar refractivity (Wildman–Crippen MR) is 85.5 cm³/mol. The van der Waals surface area contributed by atoms with E-state index >= 15 is 0 Å². The van der Waals surface area contributed by atoms with Crippen LogP contribution in [0.3, 0.4) is 0 Å². The maximum Gasteiger partial charge on any atom is 0.309 e. The Balaban J connectivity index is 1.61. The molecular weight excluding hydrogens is 332 g/mol. The van der Waals surface area contributed by atoms with Crippen molar-refractivity contribution >= 4 is 11.9 Å². The first-order chi connectivity index (χ1) is 12.0. The molecule has 2 fully saturated rings. The van der Waals surface area contributed by atoms with Crippen molar-refractivity contribution in [1.82, 2.24) is 4.90 Å². The summed E-state index contributed by atoms with van der Waals surface area (Å²) in [6.45, 7) is 1.42. The average Bonchev–Trinajstić information content (AvgIpc) is 3.11. The highest BCUT2D eigenvalue weighted by molar-refractivity contribution is 5.94. The number of carbonyl (C=O) groups is 2. The van der Waals surface area contributed by atoms with Crippen LogP contribution in [0.4, 0.5) is 8.78 Å². The predicted octanol–water partition coefficient (Wildman–Crippen LogP) is 2.97. The number of likely N-dealkylation sites (tertiary alicyclic amines) is 1. The number of amides is 1. The summed E-state index contributed by atoms with van der Waals surface area (Å²) in [7, 11) is 0. The Labute approximate surface area is 144 Å². The van der Waals surface area contributed by atoms with Crippen LogP contribution in [0.1, 0.15) is 41.6 Å². The van der Waals surface area contributed by atoms with Crippen LogP contribution in [0.15, 0.2) is 24.3 Å². The highest BCUT2D eigenvalue weighted by Gasteiger charge is 2.40. The third-order valence-electron chi connectivity index (χ3n) is 5.13. The number of benzene rings is 1. The molecular formula is C18H21F2NO4. The molecule has 5 nitrogen and oxygen atoms in total. The van der Waals surface area contributed by atoms with Crippen molar-refractivity contribution in [3.63, 3.8) is 0 Å². The van der Waals surface area contributed by atoms with Gasteiger partial charge >= 0.3 is 5.97 Å². The van der Waals surface area contributed by atoms with Crippen molar-refractivity contribution in [2.24, 2.45) is 11.8 Å². The largest absolute Gasteiger partial charge is 0.481 e. The average molecular weight is 353 g/mol. The Hall–Kier alpha value is -2.02. The minimum atomic E-state index is -2.61. The van der Waals surface area contributed by atoms with Crippen molar-refractivity contribution in [1.29, 1.82) is 0 Å². The Morgan fingerprint density at radius 1 is 1.20 bits per heavy atom. The van der Waals surface area contributed by atoms with E-state index in [4.69, 9.17) is 4.74 Å². The number of hydrogen-bond acceptors (Lipinski definition) is 3. The number of ether oxygens (including phenoxy) is 1. The Morgan fingerprint density at radius 3 is 2.56 bits per heavy atom. The van der Waals surface area contributed by atoms with Gasteiger partial charge in [0.05, 0.1) is 12.0 Å². The van der Waals surface area contributed by atoms with E-state index in [1.54, 1.807) is 11.0 Å². The second kappa shape index (κ2) is 7.47. The standard InChI is InChI=1S/C18H21F2NO4/c19-16(20)12-2-1-3-13(10-12)17(22)21-7-4-11(5-8-21)15-14(18(23)24)6-9-25-15/h1-3,10-11,14-16H,4-9H2,(H,23,24)/t14?,15-/m0/s1. The molecule has 7 heteroatoms. The van der Waals surface area contributed by atoms with Crippen molar-refractivity contribution in [3.05, 3.63) is 35.4 Å². The number of alkyl halides is 2. The third kappa shape index (κ3) is 3.81. The van der Waals surface area contributed by atoms with Crippen molar-refractivity contribution < 1.29 is 28.2 Å². The van der Waals surface area contributed by atoms with Gasteiger partial charge in [-0.3, -0.25) is 9.59 Å². The molecule has 1 aromatic rings. The minimum absolute atomic E-state index is 0.111. The van der Waals surface area contributed by atoms with Gasteiger partial charge in [0.1, 0.15) is 0 Å². The molecule has 2 aliphatic heterocycles. The van der Waals surface area contributed by atoms with E-state index in [2.05, 4.69) is 0 Å². The number of carboxylic acids is 1. The molecule has 0 bridgehead atoms. The molecule has 1 unspecified atom stereocenters. The Bertz CT molecular complexity index is 644. The topological polar surface area (TPSA) is 66.8 Å². The summed E-state index contributed by atoms with van der Waals surface area (Å²) in [5.74, 6) is -1.46. The zero-order valence-corrected chi connectivity index (χ0v) is 13.7. The fourth-order valence-electron chi connectivity index (χ4n) is 3.76. The maximum absolute atomic E-state index is 12.8. The van der Waals surface area contributed by atoms with Crippen LogP contribution in [0.2, 0.25) is 0 Å². The number of rotatable bonds is 4. The molecule has 0 saturated carbocycles. The van der Waals surface area contributed by atoms with E-state index in [0.717, 1.165) is 0 Å². The fourth-order valence-corrected chi connectivity index (χ4v) is 3.76. The lowest BCUT2D eigenvalue weighted by molar-refractivity contribution is -0.145. The lowest BCUT2D eigenvalue weighted by Crippen LogP contribution is -2.43. The van der Waals surface area contributed by atoms with Gasteiger partial charge in [0, 0.05) is 30.8 Å². The third-order valence-corrected chi connectivity index (χ3v) is 5.13. The van der Waals surface area contributed by atoms with E-state index in [-0.39, 0.29) is 29.1 Å². The number of hydrogen-bond donors (Lipinski definition) is 1. The van der Waals surface area contributed by atoms with E-state index < -0.39 is 18.3 Å². The van der Waals surface area contributed by atoms with Crippen LogP contribution in [-0.4, -0.2) is 47.7 Å². The van der Waals surface area contributed by atoms with E-state index in [1.807, 2.05) is 0 Å². The molecule has 0 spiro atoms. The molecule has 3 rings (SSSR count). The van der Waals surface area contributed by atoms with Gasteiger partial charge in [0.15, 0.2) is 0 Å². The molecule has 2 atom stereocenters. The van der Waals surface area contributed by atoms with E-state index in [1.165, 1.54) is 18.2 Å². The second-order valence-corrected chi connectivity index (χ2v) is 6.62. The van der Waals surface area contributed by atoms with Crippen LogP contribution in [0.5, 0.6) is 0 Å². The molecule has 0 radical (unpaired) electrons. The zero-order valence-electron chi connectivity index (χ0n) is 13.7. The lowest BCUT2D eigenvalue weighted by Gasteiger charge is -2.35. The van der Waals surface area contributed by atoms with E-state index in [0.29, 0.717) is 39.0 Å². The fraction of sp³-hybridized carbons (Fsp3) is 0.556. The number of carboxylic acid groups (broad SMARTS) is 1. The van der Waals surface area contributed by atoms with Crippen molar-refractivity contribution in [2.45, 2.75) is 31.8 Å². The summed E-state index contributed by atoms with van der Waals surface area (Å²) >= 11 is 0. The molecule has 2 saturated heterocycles. The number of nitrogens with zero attached hydrogens (tertiary/aromatic N) is 1. The highest BCUT2D eigenvalue weighted by Crippen LogP contribution is 2.33. The minimum Gasteiger partial charge on any atom is -0.481 e. The van der Waals surface area contributed by atoms with Gasteiger partial charge in [0.25, 0.3) is 12.3 Å². The SMILES string of the molecule is O=C(O)C1CCO[C@H]1C1CCN(C(=O)c2cccc(C(F)F)c2)CC1. The quantitative estimate of drug-likeness (QED) is 0.904. The first-order valence-electron chi connectivity index (χ1n) is 8.49. The summed E-state index contributed by atoms with van der Waals surface area (Å²) in [5.41, 5.74) is 0.0983. The van der Waals surface area contributed by atoms with E-state index in [9.17, 15) is 23.5 Å². The molecule has 1 aromatic carbocycles. The Morgan fingerprint density at radius 2 is 1.92 bits per heavy atom.